The van der Waals surface area contributed by atoms with Crippen LogP contribution in [0.5, 0.6) is 0 Å². The number of thiophene rings is 1. The topological polar surface area (TPSA) is 38.0 Å². The molecule has 0 bridgehead atoms. The molecule has 0 aliphatic carbocycles. The predicted octanol–water partition coefficient (Wildman–Crippen LogP) is 1.92. The Morgan fingerprint density at radius 2 is 2.07 bits per heavy atom. The standard InChI is InChI=1S/C11H20N2S/c1-8(13-9(2)7-12)6-11-5-4-10(3)14-11/h4-5,8-9,13H,6-7,12H2,1-3H3. The van der Waals surface area contributed by atoms with Crippen LogP contribution in [-0.2, 0) is 6.42 Å². The minimum absolute atomic E-state index is 0.408. The highest BCUT2D eigenvalue weighted by Gasteiger charge is 2.07. The fourth-order valence-corrected chi connectivity index (χ4v) is 2.53. The third-order valence-electron chi connectivity index (χ3n) is 2.23. The number of aryl methyl sites for hydroxylation is 1. The summed E-state index contributed by atoms with van der Waals surface area (Å²) in [7, 11) is 0. The van der Waals surface area contributed by atoms with Crippen molar-refractivity contribution >= 4 is 11.3 Å². The van der Waals surface area contributed by atoms with Crippen molar-refractivity contribution in [1.29, 1.82) is 0 Å². The van der Waals surface area contributed by atoms with Crippen LogP contribution < -0.4 is 11.1 Å². The lowest BCUT2D eigenvalue weighted by Gasteiger charge is -2.17. The lowest BCUT2D eigenvalue weighted by Crippen LogP contribution is -2.40. The van der Waals surface area contributed by atoms with Gasteiger partial charge in [0.05, 0.1) is 0 Å². The molecule has 0 aliphatic heterocycles. The Labute approximate surface area is 90.5 Å². The second kappa shape index (κ2) is 5.49. The van der Waals surface area contributed by atoms with E-state index < -0.39 is 0 Å². The fraction of sp³-hybridized carbons (Fsp3) is 0.636. The Bertz CT molecular complexity index is 270. The maximum absolute atomic E-state index is 5.56. The molecule has 2 atom stereocenters. The summed E-state index contributed by atoms with van der Waals surface area (Å²) in [6.45, 7) is 7.18. The van der Waals surface area contributed by atoms with Crippen LogP contribution in [0, 0.1) is 6.92 Å². The number of hydrogen-bond donors (Lipinski definition) is 2. The zero-order valence-corrected chi connectivity index (χ0v) is 10.0. The van der Waals surface area contributed by atoms with E-state index in [0.717, 1.165) is 6.42 Å². The Kier molecular flexibility index (Phi) is 4.58. The molecule has 14 heavy (non-hydrogen) atoms. The van der Waals surface area contributed by atoms with Crippen LogP contribution in [0.2, 0.25) is 0 Å². The third-order valence-corrected chi connectivity index (χ3v) is 3.25. The molecule has 2 unspecified atom stereocenters. The minimum Gasteiger partial charge on any atom is -0.329 e. The van der Waals surface area contributed by atoms with Gasteiger partial charge in [0.25, 0.3) is 0 Å². The van der Waals surface area contributed by atoms with Crippen molar-refractivity contribution in [3.8, 4) is 0 Å². The first-order valence-corrected chi connectivity index (χ1v) is 5.95. The summed E-state index contributed by atoms with van der Waals surface area (Å²) in [6, 6.07) is 5.31. The van der Waals surface area contributed by atoms with E-state index in [9.17, 15) is 0 Å². The van der Waals surface area contributed by atoms with Crippen molar-refractivity contribution in [3.63, 3.8) is 0 Å². The van der Waals surface area contributed by atoms with E-state index in [1.165, 1.54) is 9.75 Å². The van der Waals surface area contributed by atoms with Crippen molar-refractivity contribution in [3.05, 3.63) is 21.9 Å². The van der Waals surface area contributed by atoms with Crippen molar-refractivity contribution in [2.24, 2.45) is 5.73 Å². The summed E-state index contributed by atoms with van der Waals surface area (Å²) >= 11 is 1.88. The van der Waals surface area contributed by atoms with Gasteiger partial charge in [0, 0.05) is 28.4 Å². The molecular weight excluding hydrogens is 192 g/mol. The average molecular weight is 212 g/mol. The van der Waals surface area contributed by atoms with Crippen LogP contribution in [0.4, 0.5) is 0 Å². The van der Waals surface area contributed by atoms with Crippen LogP contribution in [-0.4, -0.2) is 18.6 Å². The van der Waals surface area contributed by atoms with Crippen LogP contribution in [0.15, 0.2) is 12.1 Å². The van der Waals surface area contributed by atoms with Crippen LogP contribution in [0.1, 0.15) is 23.6 Å². The molecular formula is C11H20N2S. The van der Waals surface area contributed by atoms with E-state index in [2.05, 4.69) is 38.2 Å². The van der Waals surface area contributed by atoms with Gasteiger partial charge in [-0.2, -0.15) is 0 Å². The summed E-state index contributed by atoms with van der Waals surface area (Å²) in [5, 5.41) is 3.47. The van der Waals surface area contributed by atoms with Gasteiger partial charge in [0.1, 0.15) is 0 Å². The third kappa shape index (κ3) is 3.78. The Morgan fingerprint density at radius 1 is 1.36 bits per heavy atom. The SMILES string of the molecule is Cc1ccc(CC(C)NC(C)CN)s1. The second-order valence-electron chi connectivity index (χ2n) is 3.92. The molecule has 0 aromatic carbocycles. The van der Waals surface area contributed by atoms with Crippen LogP contribution >= 0.6 is 11.3 Å². The Hall–Kier alpha value is -0.380. The van der Waals surface area contributed by atoms with Gasteiger partial charge in [-0.25, -0.2) is 0 Å². The van der Waals surface area contributed by atoms with Crippen molar-refractivity contribution in [2.75, 3.05) is 6.54 Å². The molecule has 2 nitrogen and oxygen atoms in total. The van der Waals surface area contributed by atoms with Crippen LogP contribution in [0.25, 0.3) is 0 Å². The lowest BCUT2D eigenvalue weighted by molar-refractivity contribution is 0.472. The number of nitrogens with two attached hydrogens (primary N) is 1. The zero-order chi connectivity index (χ0) is 10.6. The molecule has 1 aromatic rings. The molecule has 80 valence electrons. The molecule has 0 saturated carbocycles. The summed E-state index contributed by atoms with van der Waals surface area (Å²) in [4.78, 5) is 2.84. The van der Waals surface area contributed by atoms with Gasteiger partial charge < -0.3 is 11.1 Å². The fourth-order valence-electron chi connectivity index (χ4n) is 1.51. The first kappa shape index (κ1) is 11.7. The normalized spacial score (nSPS) is 15.4. The van der Waals surface area contributed by atoms with E-state index in [-0.39, 0.29) is 0 Å². The van der Waals surface area contributed by atoms with Gasteiger partial charge in [-0.05, 0) is 39.3 Å². The van der Waals surface area contributed by atoms with Crippen molar-refractivity contribution in [1.82, 2.24) is 5.32 Å². The number of hydrogen-bond acceptors (Lipinski definition) is 3. The van der Waals surface area contributed by atoms with E-state index in [0.29, 0.717) is 18.6 Å². The Balaban J connectivity index is 2.37. The highest BCUT2D eigenvalue weighted by Crippen LogP contribution is 2.16. The lowest BCUT2D eigenvalue weighted by atomic mass is 10.2. The smallest absolute Gasteiger partial charge is 0.0164 e. The number of nitrogens with one attached hydrogen (secondary N) is 1. The summed E-state index contributed by atoms with van der Waals surface area (Å²) in [6.07, 6.45) is 1.10. The van der Waals surface area contributed by atoms with Gasteiger partial charge in [-0.1, -0.05) is 0 Å². The highest BCUT2D eigenvalue weighted by atomic mass is 32.1. The summed E-state index contributed by atoms with van der Waals surface area (Å²) in [5.74, 6) is 0. The molecule has 0 spiro atoms. The molecule has 1 rings (SSSR count). The second-order valence-corrected chi connectivity index (χ2v) is 5.29. The largest absolute Gasteiger partial charge is 0.329 e. The number of rotatable bonds is 5. The van der Waals surface area contributed by atoms with E-state index >= 15 is 0 Å². The quantitative estimate of drug-likeness (QED) is 0.782. The first-order chi connectivity index (χ1) is 6.61. The van der Waals surface area contributed by atoms with Crippen LogP contribution in [0.3, 0.4) is 0 Å². The van der Waals surface area contributed by atoms with Gasteiger partial charge in [0.15, 0.2) is 0 Å². The molecule has 0 radical (unpaired) electrons. The predicted molar refractivity (Wildman–Crippen MR) is 63.9 cm³/mol. The van der Waals surface area contributed by atoms with Gasteiger partial charge >= 0.3 is 0 Å². The maximum Gasteiger partial charge on any atom is 0.0164 e. The first-order valence-electron chi connectivity index (χ1n) is 5.13. The molecule has 0 amide bonds. The molecule has 1 heterocycles. The molecule has 3 heteroatoms. The van der Waals surface area contributed by atoms with Crippen molar-refractivity contribution < 1.29 is 0 Å². The Morgan fingerprint density at radius 3 is 2.57 bits per heavy atom. The molecule has 1 aromatic heterocycles. The monoisotopic (exact) mass is 212 g/mol. The summed E-state index contributed by atoms with van der Waals surface area (Å²) < 4.78 is 0. The van der Waals surface area contributed by atoms with E-state index in [1.807, 2.05) is 11.3 Å². The summed E-state index contributed by atoms with van der Waals surface area (Å²) in [5.41, 5.74) is 5.56. The molecule has 0 fully saturated rings. The molecule has 3 N–H and O–H groups in total. The van der Waals surface area contributed by atoms with E-state index in [1.54, 1.807) is 0 Å². The maximum atomic E-state index is 5.56. The average Bonchev–Trinajstić information content (AvgIpc) is 2.50. The zero-order valence-electron chi connectivity index (χ0n) is 9.21. The van der Waals surface area contributed by atoms with E-state index in [4.69, 9.17) is 5.73 Å². The highest BCUT2D eigenvalue weighted by molar-refractivity contribution is 7.11. The molecule has 0 aliphatic rings. The van der Waals surface area contributed by atoms with Gasteiger partial charge in [0.2, 0.25) is 0 Å². The minimum atomic E-state index is 0.408. The molecule has 0 saturated heterocycles. The van der Waals surface area contributed by atoms with Gasteiger partial charge in [-0.15, -0.1) is 11.3 Å². The van der Waals surface area contributed by atoms with Crippen molar-refractivity contribution in [2.45, 2.75) is 39.3 Å². The van der Waals surface area contributed by atoms with Gasteiger partial charge in [-0.3, -0.25) is 0 Å².